The fourth-order valence-corrected chi connectivity index (χ4v) is 2.79. The molecule has 0 aliphatic carbocycles. The van der Waals surface area contributed by atoms with Gasteiger partial charge in [-0.05, 0) is 37.0 Å². The van der Waals surface area contributed by atoms with Crippen molar-refractivity contribution in [3.63, 3.8) is 0 Å². The molecule has 0 aromatic carbocycles. The molecule has 108 valence electrons. The standard InChI is InChI=1S/C15H21N3OS/c1-3-20-9-7-12(2)16-11-13-10-15(19)18-8-5-4-6-14(18)17-13/h4-6,8,10,12,16H,3,7,9,11H2,1-2H3. The van der Waals surface area contributed by atoms with Gasteiger partial charge in [0.25, 0.3) is 5.56 Å². The van der Waals surface area contributed by atoms with E-state index in [2.05, 4.69) is 24.1 Å². The maximum absolute atomic E-state index is 11.9. The van der Waals surface area contributed by atoms with Crippen molar-refractivity contribution in [1.29, 1.82) is 0 Å². The molecular formula is C15H21N3OS. The van der Waals surface area contributed by atoms with Crippen LogP contribution in [0.4, 0.5) is 0 Å². The predicted octanol–water partition coefficient (Wildman–Crippen LogP) is 2.32. The Morgan fingerprint density at radius 3 is 3.10 bits per heavy atom. The van der Waals surface area contributed by atoms with Crippen molar-refractivity contribution in [2.24, 2.45) is 0 Å². The van der Waals surface area contributed by atoms with Gasteiger partial charge in [0.05, 0.1) is 5.69 Å². The molecule has 0 saturated heterocycles. The largest absolute Gasteiger partial charge is 0.309 e. The molecule has 4 nitrogen and oxygen atoms in total. The summed E-state index contributed by atoms with van der Waals surface area (Å²) in [6.45, 7) is 4.98. The number of hydrogen-bond donors (Lipinski definition) is 1. The van der Waals surface area contributed by atoms with Gasteiger partial charge in [-0.3, -0.25) is 9.20 Å². The van der Waals surface area contributed by atoms with Crippen molar-refractivity contribution in [1.82, 2.24) is 14.7 Å². The summed E-state index contributed by atoms with van der Waals surface area (Å²) in [6.07, 6.45) is 2.87. The van der Waals surface area contributed by atoms with Gasteiger partial charge in [0.2, 0.25) is 0 Å². The van der Waals surface area contributed by atoms with Gasteiger partial charge in [-0.15, -0.1) is 0 Å². The number of aromatic nitrogens is 2. The quantitative estimate of drug-likeness (QED) is 0.795. The molecule has 0 spiro atoms. The summed E-state index contributed by atoms with van der Waals surface area (Å²) in [6, 6.07) is 7.62. The molecule has 2 aromatic rings. The highest BCUT2D eigenvalue weighted by atomic mass is 32.2. The fraction of sp³-hybridized carbons (Fsp3) is 0.467. The Hall–Kier alpha value is -1.33. The Morgan fingerprint density at radius 1 is 1.45 bits per heavy atom. The molecule has 0 radical (unpaired) electrons. The second-order valence-corrected chi connectivity index (χ2v) is 6.18. The van der Waals surface area contributed by atoms with Gasteiger partial charge in [-0.2, -0.15) is 11.8 Å². The highest BCUT2D eigenvalue weighted by Crippen LogP contribution is 2.04. The van der Waals surface area contributed by atoms with Gasteiger partial charge >= 0.3 is 0 Å². The van der Waals surface area contributed by atoms with Crippen LogP contribution in [0.3, 0.4) is 0 Å². The first-order chi connectivity index (χ1) is 9.70. The Morgan fingerprint density at radius 2 is 2.30 bits per heavy atom. The van der Waals surface area contributed by atoms with Crippen molar-refractivity contribution in [2.45, 2.75) is 32.9 Å². The molecule has 2 heterocycles. The summed E-state index contributed by atoms with van der Waals surface area (Å²) in [5, 5.41) is 3.43. The smallest absolute Gasteiger partial charge is 0.258 e. The van der Waals surface area contributed by atoms with E-state index in [1.54, 1.807) is 16.7 Å². The lowest BCUT2D eigenvalue weighted by Crippen LogP contribution is -2.27. The van der Waals surface area contributed by atoms with Crippen LogP contribution in [0.1, 0.15) is 26.0 Å². The second-order valence-electron chi connectivity index (χ2n) is 4.78. The first-order valence-corrected chi connectivity index (χ1v) is 8.14. The van der Waals surface area contributed by atoms with Crippen LogP contribution in [0.5, 0.6) is 0 Å². The zero-order valence-corrected chi connectivity index (χ0v) is 12.8. The fourth-order valence-electron chi connectivity index (χ4n) is 1.98. The van der Waals surface area contributed by atoms with Gasteiger partial charge in [0, 0.05) is 24.8 Å². The Kier molecular flexibility index (Phi) is 5.61. The van der Waals surface area contributed by atoms with Crippen LogP contribution < -0.4 is 10.9 Å². The van der Waals surface area contributed by atoms with Crippen molar-refractivity contribution in [3.05, 3.63) is 46.5 Å². The van der Waals surface area contributed by atoms with E-state index in [4.69, 9.17) is 0 Å². The maximum atomic E-state index is 11.9. The van der Waals surface area contributed by atoms with Crippen molar-refractivity contribution < 1.29 is 0 Å². The molecule has 1 unspecified atom stereocenters. The van der Waals surface area contributed by atoms with Gasteiger partial charge in [0.15, 0.2) is 0 Å². The number of rotatable bonds is 7. The molecule has 0 bridgehead atoms. The molecular weight excluding hydrogens is 270 g/mol. The van der Waals surface area contributed by atoms with Crippen molar-refractivity contribution in [2.75, 3.05) is 11.5 Å². The normalized spacial score (nSPS) is 12.7. The summed E-state index contributed by atoms with van der Waals surface area (Å²) < 4.78 is 1.56. The second kappa shape index (κ2) is 7.45. The van der Waals surface area contributed by atoms with Crippen molar-refractivity contribution in [3.8, 4) is 0 Å². The first kappa shape index (κ1) is 15.1. The third-order valence-corrected chi connectivity index (χ3v) is 4.09. The van der Waals surface area contributed by atoms with Crippen LogP contribution in [0.2, 0.25) is 0 Å². The van der Waals surface area contributed by atoms with Crippen LogP contribution in [0, 0.1) is 0 Å². The van der Waals surface area contributed by atoms with E-state index in [1.165, 1.54) is 5.75 Å². The molecule has 2 rings (SSSR count). The molecule has 20 heavy (non-hydrogen) atoms. The van der Waals surface area contributed by atoms with Gasteiger partial charge < -0.3 is 5.32 Å². The number of hydrogen-bond acceptors (Lipinski definition) is 4. The average Bonchev–Trinajstić information content (AvgIpc) is 2.45. The van der Waals surface area contributed by atoms with Gasteiger partial charge in [0.1, 0.15) is 5.65 Å². The highest BCUT2D eigenvalue weighted by molar-refractivity contribution is 7.99. The third kappa shape index (κ3) is 4.08. The number of thioether (sulfide) groups is 1. The van der Waals surface area contributed by atoms with Crippen LogP contribution in [-0.2, 0) is 6.54 Å². The molecule has 2 aromatic heterocycles. The van der Waals surface area contributed by atoms with E-state index in [-0.39, 0.29) is 5.56 Å². The van der Waals surface area contributed by atoms with E-state index < -0.39 is 0 Å². The Balaban J connectivity index is 1.98. The molecule has 0 aliphatic rings. The summed E-state index contributed by atoms with van der Waals surface area (Å²) in [4.78, 5) is 16.4. The predicted molar refractivity (Wildman–Crippen MR) is 85.4 cm³/mol. The minimum Gasteiger partial charge on any atom is -0.309 e. The highest BCUT2D eigenvalue weighted by Gasteiger charge is 2.04. The van der Waals surface area contributed by atoms with Crippen molar-refractivity contribution >= 4 is 17.4 Å². The molecule has 0 fully saturated rings. The van der Waals surface area contributed by atoms with Crippen LogP contribution in [-0.4, -0.2) is 26.9 Å². The summed E-state index contributed by atoms with van der Waals surface area (Å²) in [5.74, 6) is 2.33. The van der Waals surface area contributed by atoms with E-state index in [0.29, 0.717) is 18.2 Å². The topological polar surface area (TPSA) is 46.4 Å². The SMILES string of the molecule is CCSCCC(C)NCc1cc(=O)n2ccccc2n1. The number of fused-ring (bicyclic) bond motifs is 1. The van der Waals surface area contributed by atoms with E-state index >= 15 is 0 Å². The summed E-state index contributed by atoms with van der Waals surface area (Å²) in [7, 11) is 0. The minimum atomic E-state index is -0.0263. The Labute approximate surface area is 123 Å². The lowest BCUT2D eigenvalue weighted by Gasteiger charge is -2.13. The zero-order chi connectivity index (χ0) is 14.4. The number of nitrogens with one attached hydrogen (secondary N) is 1. The summed E-state index contributed by atoms with van der Waals surface area (Å²) >= 11 is 1.95. The summed E-state index contributed by atoms with van der Waals surface area (Å²) in [5.41, 5.74) is 1.48. The monoisotopic (exact) mass is 291 g/mol. The molecule has 5 heteroatoms. The molecule has 1 atom stereocenters. The van der Waals surface area contributed by atoms with Crippen LogP contribution in [0.25, 0.3) is 5.65 Å². The van der Waals surface area contributed by atoms with Gasteiger partial charge in [-0.25, -0.2) is 4.98 Å². The zero-order valence-electron chi connectivity index (χ0n) is 12.0. The van der Waals surface area contributed by atoms with E-state index in [9.17, 15) is 4.79 Å². The maximum Gasteiger partial charge on any atom is 0.258 e. The lowest BCUT2D eigenvalue weighted by atomic mass is 10.2. The molecule has 0 saturated carbocycles. The molecule has 1 N–H and O–H groups in total. The first-order valence-electron chi connectivity index (χ1n) is 6.99. The Bertz CT molecular complexity index is 611. The third-order valence-electron chi connectivity index (χ3n) is 3.16. The minimum absolute atomic E-state index is 0.0263. The lowest BCUT2D eigenvalue weighted by molar-refractivity contribution is 0.532. The van der Waals surface area contributed by atoms with Crippen LogP contribution >= 0.6 is 11.8 Å². The molecule has 0 aliphatic heterocycles. The van der Waals surface area contributed by atoms with Crippen LogP contribution in [0.15, 0.2) is 35.3 Å². The van der Waals surface area contributed by atoms with Gasteiger partial charge in [-0.1, -0.05) is 13.0 Å². The number of nitrogens with zero attached hydrogens (tertiary/aromatic N) is 2. The molecule has 0 amide bonds. The number of pyridine rings is 1. The van der Waals surface area contributed by atoms with E-state index in [0.717, 1.165) is 17.9 Å². The average molecular weight is 291 g/mol. The van der Waals surface area contributed by atoms with E-state index in [1.807, 2.05) is 30.0 Å².